The molecule has 0 radical (unpaired) electrons. The molecule has 1 aliphatic heterocycles. The average Bonchev–Trinajstić information content (AvgIpc) is 3.08. The Balaban J connectivity index is 1.35. The number of piperidine rings is 1. The molecule has 0 bridgehead atoms. The van der Waals surface area contributed by atoms with Gasteiger partial charge in [0.05, 0.1) is 19.2 Å². The van der Waals surface area contributed by atoms with E-state index in [9.17, 15) is 4.79 Å². The summed E-state index contributed by atoms with van der Waals surface area (Å²) >= 11 is 0. The van der Waals surface area contributed by atoms with Crippen LogP contribution in [0.15, 0.2) is 47.3 Å². The summed E-state index contributed by atoms with van der Waals surface area (Å²) < 4.78 is 5.39. The Morgan fingerprint density at radius 2 is 2.17 bits per heavy atom. The molecule has 122 valence electrons. The maximum absolute atomic E-state index is 12.0. The molecule has 0 spiro atoms. The van der Waals surface area contributed by atoms with Gasteiger partial charge in [-0.2, -0.15) is 0 Å². The number of aromatic nitrogens is 1. The van der Waals surface area contributed by atoms with E-state index in [-0.39, 0.29) is 5.91 Å². The van der Waals surface area contributed by atoms with Crippen molar-refractivity contribution in [3.63, 3.8) is 0 Å². The Hall–Kier alpha value is -2.14. The fraction of sp³-hybridized carbons (Fsp3) is 0.444. The number of amides is 1. The van der Waals surface area contributed by atoms with Crippen molar-refractivity contribution in [2.75, 3.05) is 19.6 Å². The van der Waals surface area contributed by atoms with Crippen LogP contribution in [0.25, 0.3) is 0 Å². The first-order valence-electron chi connectivity index (χ1n) is 8.20. The fourth-order valence-corrected chi connectivity index (χ4v) is 2.98. The van der Waals surface area contributed by atoms with Crippen LogP contribution in [0.2, 0.25) is 0 Å². The van der Waals surface area contributed by atoms with Crippen molar-refractivity contribution >= 4 is 5.91 Å². The predicted molar refractivity (Wildman–Crippen MR) is 87.7 cm³/mol. The SMILES string of the molecule is O=C(Cc1cccnc1)NCC1CCN(Cc2ccco2)CC1. The van der Waals surface area contributed by atoms with Crippen LogP contribution in [0.5, 0.6) is 0 Å². The van der Waals surface area contributed by atoms with Gasteiger partial charge >= 0.3 is 0 Å². The highest BCUT2D eigenvalue weighted by atomic mass is 16.3. The standard InChI is InChI=1S/C18H23N3O2/c22-18(11-16-3-1-7-19-12-16)20-13-15-5-8-21(9-6-15)14-17-4-2-10-23-17/h1-4,7,10,12,15H,5-6,8-9,11,13-14H2,(H,20,22). The first-order valence-corrected chi connectivity index (χ1v) is 8.20. The van der Waals surface area contributed by atoms with Crippen LogP contribution in [0.1, 0.15) is 24.2 Å². The zero-order chi connectivity index (χ0) is 15.9. The van der Waals surface area contributed by atoms with Gasteiger partial charge in [-0.25, -0.2) is 0 Å². The Morgan fingerprint density at radius 1 is 1.30 bits per heavy atom. The number of nitrogens with one attached hydrogen (secondary N) is 1. The Kier molecular flexibility index (Phi) is 5.42. The zero-order valence-electron chi connectivity index (χ0n) is 13.3. The molecule has 0 unspecified atom stereocenters. The summed E-state index contributed by atoms with van der Waals surface area (Å²) in [4.78, 5) is 18.4. The summed E-state index contributed by atoms with van der Waals surface area (Å²) in [7, 11) is 0. The maximum Gasteiger partial charge on any atom is 0.224 e. The van der Waals surface area contributed by atoms with E-state index in [0.717, 1.165) is 50.3 Å². The first-order chi connectivity index (χ1) is 11.3. The molecule has 3 rings (SSSR count). The van der Waals surface area contributed by atoms with Gasteiger partial charge in [0.15, 0.2) is 0 Å². The molecule has 5 heteroatoms. The summed E-state index contributed by atoms with van der Waals surface area (Å²) in [5, 5.41) is 3.06. The highest BCUT2D eigenvalue weighted by Gasteiger charge is 2.20. The van der Waals surface area contributed by atoms with Gasteiger partial charge in [0, 0.05) is 18.9 Å². The van der Waals surface area contributed by atoms with Crippen LogP contribution < -0.4 is 5.32 Å². The number of carbonyl (C=O) groups excluding carboxylic acids is 1. The third-order valence-electron chi connectivity index (χ3n) is 4.34. The normalized spacial score (nSPS) is 16.3. The predicted octanol–water partition coefficient (Wildman–Crippen LogP) is 2.25. The summed E-state index contributed by atoms with van der Waals surface area (Å²) in [5.74, 6) is 1.67. The van der Waals surface area contributed by atoms with Gasteiger partial charge in [-0.05, 0) is 55.6 Å². The van der Waals surface area contributed by atoms with Gasteiger partial charge in [0.25, 0.3) is 0 Å². The minimum Gasteiger partial charge on any atom is -0.468 e. The second kappa shape index (κ2) is 7.92. The lowest BCUT2D eigenvalue weighted by Gasteiger charge is -2.31. The number of furan rings is 1. The zero-order valence-corrected chi connectivity index (χ0v) is 13.3. The topological polar surface area (TPSA) is 58.4 Å². The third-order valence-corrected chi connectivity index (χ3v) is 4.34. The third kappa shape index (κ3) is 4.93. The molecule has 2 aromatic rings. The number of pyridine rings is 1. The van der Waals surface area contributed by atoms with Gasteiger partial charge in [-0.3, -0.25) is 14.7 Å². The van der Waals surface area contributed by atoms with Crippen molar-refractivity contribution in [2.45, 2.75) is 25.8 Å². The fourth-order valence-electron chi connectivity index (χ4n) is 2.98. The molecule has 0 aliphatic carbocycles. The minimum absolute atomic E-state index is 0.0796. The molecule has 3 heterocycles. The van der Waals surface area contributed by atoms with Gasteiger partial charge in [-0.15, -0.1) is 0 Å². The van der Waals surface area contributed by atoms with Crippen LogP contribution in [-0.2, 0) is 17.8 Å². The molecule has 0 saturated carbocycles. The van der Waals surface area contributed by atoms with E-state index in [0.29, 0.717) is 12.3 Å². The van der Waals surface area contributed by atoms with Gasteiger partial charge in [-0.1, -0.05) is 6.07 Å². The number of carbonyl (C=O) groups is 1. The summed E-state index contributed by atoms with van der Waals surface area (Å²) in [5.41, 5.74) is 0.957. The van der Waals surface area contributed by atoms with Gasteiger partial charge in [0.2, 0.25) is 5.91 Å². The van der Waals surface area contributed by atoms with Crippen LogP contribution in [0.3, 0.4) is 0 Å². The van der Waals surface area contributed by atoms with Crippen LogP contribution in [0.4, 0.5) is 0 Å². The number of rotatable bonds is 6. The first kappa shape index (κ1) is 15.7. The lowest BCUT2D eigenvalue weighted by atomic mass is 9.96. The number of hydrogen-bond acceptors (Lipinski definition) is 4. The number of hydrogen-bond donors (Lipinski definition) is 1. The average molecular weight is 313 g/mol. The van der Waals surface area contributed by atoms with E-state index in [1.54, 1.807) is 18.7 Å². The molecule has 1 saturated heterocycles. The largest absolute Gasteiger partial charge is 0.468 e. The Labute approximate surface area is 136 Å². The van der Waals surface area contributed by atoms with Crippen molar-refractivity contribution in [3.05, 3.63) is 54.2 Å². The van der Waals surface area contributed by atoms with Crippen molar-refractivity contribution < 1.29 is 9.21 Å². The monoisotopic (exact) mass is 313 g/mol. The van der Waals surface area contributed by atoms with Gasteiger partial charge < -0.3 is 9.73 Å². The molecule has 1 N–H and O–H groups in total. The van der Waals surface area contributed by atoms with Crippen molar-refractivity contribution in [3.8, 4) is 0 Å². The highest BCUT2D eigenvalue weighted by Crippen LogP contribution is 2.18. The van der Waals surface area contributed by atoms with E-state index in [4.69, 9.17) is 4.42 Å². The molecular weight excluding hydrogens is 290 g/mol. The lowest BCUT2D eigenvalue weighted by Crippen LogP contribution is -2.38. The minimum atomic E-state index is 0.0796. The van der Waals surface area contributed by atoms with Crippen LogP contribution >= 0.6 is 0 Å². The summed E-state index contributed by atoms with van der Waals surface area (Å²) in [6.45, 7) is 3.77. The smallest absolute Gasteiger partial charge is 0.224 e. The van der Waals surface area contributed by atoms with E-state index in [1.807, 2.05) is 24.3 Å². The molecule has 1 aliphatic rings. The second-order valence-electron chi connectivity index (χ2n) is 6.14. The molecule has 5 nitrogen and oxygen atoms in total. The van der Waals surface area contributed by atoms with Gasteiger partial charge in [0.1, 0.15) is 5.76 Å². The summed E-state index contributed by atoms with van der Waals surface area (Å²) in [6, 6.07) is 7.74. The number of nitrogens with zero attached hydrogens (tertiary/aromatic N) is 2. The van der Waals surface area contributed by atoms with Crippen molar-refractivity contribution in [1.82, 2.24) is 15.2 Å². The molecule has 2 aromatic heterocycles. The molecule has 1 fully saturated rings. The molecule has 0 aromatic carbocycles. The quantitative estimate of drug-likeness (QED) is 0.888. The van der Waals surface area contributed by atoms with Crippen LogP contribution in [0, 0.1) is 5.92 Å². The highest BCUT2D eigenvalue weighted by molar-refractivity contribution is 5.78. The van der Waals surface area contributed by atoms with E-state index >= 15 is 0 Å². The van der Waals surface area contributed by atoms with E-state index < -0.39 is 0 Å². The summed E-state index contributed by atoms with van der Waals surface area (Å²) in [6.07, 6.45) is 7.83. The second-order valence-corrected chi connectivity index (χ2v) is 6.14. The molecule has 23 heavy (non-hydrogen) atoms. The molecule has 1 amide bonds. The van der Waals surface area contributed by atoms with E-state index in [1.165, 1.54) is 0 Å². The molecule has 0 atom stereocenters. The van der Waals surface area contributed by atoms with Crippen LogP contribution in [-0.4, -0.2) is 35.4 Å². The molecular formula is C18H23N3O2. The van der Waals surface area contributed by atoms with Crippen molar-refractivity contribution in [2.24, 2.45) is 5.92 Å². The Bertz CT molecular complexity index is 590. The Morgan fingerprint density at radius 3 is 2.87 bits per heavy atom. The number of likely N-dealkylation sites (tertiary alicyclic amines) is 1. The van der Waals surface area contributed by atoms with Crippen molar-refractivity contribution in [1.29, 1.82) is 0 Å². The lowest BCUT2D eigenvalue weighted by molar-refractivity contribution is -0.120. The van der Waals surface area contributed by atoms with E-state index in [2.05, 4.69) is 15.2 Å². The maximum atomic E-state index is 12.0.